The van der Waals surface area contributed by atoms with Gasteiger partial charge in [0.15, 0.2) is 0 Å². The Bertz CT molecular complexity index is 680. The van der Waals surface area contributed by atoms with Crippen molar-refractivity contribution in [1.29, 1.82) is 0 Å². The molecule has 0 bridgehead atoms. The fourth-order valence-electron chi connectivity index (χ4n) is 5.52. The molecule has 3 aliphatic heterocycles. The molecule has 0 saturated carbocycles. The zero-order valence-corrected chi connectivity index (χ0v) is 15.8. The first-order chi connectivity index (χ1) is 12.7. The minimum absolute atomic E-state index is 0.438. The second-order valence-corrected chi connectivity index (χ2v) is 8.77. The lowest BCUT2D eigenvalue weighted by atomic mass is 9.86. The van der Waals surface area contributed by atoms with Crippen LogP contribution in [0.25, 0.3) is 0 Å². The van der Waals surface area contributed by atoms with Gasteiger partial charge in [0.05, 0.1) is 0 Å². The minimum atomic E-state index is 0.438. The van der Waals surface area contributed by atoms with Gasteiger partial charge < -0.3 is 0 Å². The molecule has 0 aromatic heterocycles. The van der Waals surface area contributed by atoms with E-state index in [0.29, 0.717) is 11.1 Å². The average Bonchev–Trinajstić information content (AvgIpc) is 2.91. The van der Waals surface area contributed by atoms with Crippen LogP contribution in [0, 0.1) is 0 Å². The van der Waals surface area contributed by atoms with E-state index in [2.05, 4.69) is 82.4 Å². The maximum Gasteiger partial charge on any atom is 0.0467 e. The van der Waals surface area contributed by atoms with Crippen LogP contribution in [-0.4, -0.2) is 59.0 Å². The molecule has 3 saturated heterocycles. The molecule has 0 atom stereocenters. The Morgan fingerprint density at radius 2 is 1.04 bits per heavy atom. The van der Waals surface area contributed by atoms with Gasteiger partial charge in [0.1, 0.15) is 0 Å². The molecule has 0 N–H and O–H groups in total. The van der Waals surface area contributed by atoms with Gasteiger partial charge >= 0.3 is 0 Å². The summed E-state index contributed by atoms with van der Waals surface area (Å²) in [6.45, 7) is 7.14. The van der Waals surface area contributed by atoms with Crippen molar-refractivity contribution in [3.05, 3.63) is 71.8 Å². The maximum atomic E-state index is 2.77. The molecule has 2 aromatic rings. The third-order valence-corrected chi connectivity index (χ3v) is 7.05. The monoisotopic (exact) mass is 347 g/mol. The number of likely N-dealkylation sites (N-methyl/N-ethyl adjacent to an activating group) is 1. The van der Waals surface area contributed by atoms with E-state index in [9.17, 15) is 0 Å². The summed E-state index contributed by atoms with van der Waals surface area (Å²) < 4.78 is 0. The second kappa shape index (κ2) is 6.19. The van der Waals surface area contributed by atoms with Crippen molar-refractivity contribution in [3.8, 4) is 0 Å². The average molecular weight is 348 g/mol. The predicted molar refractivity (Wildman–Crippen MR) is 106 cm³/mol. The number of hydrogen-bond donors (Lipinski definition) is 0. The Kier molecular flexibility index (Phi) is 3.93. The van der Waals surface area contributed by atoms with Crippen LogP contribution >= 0.6 is 0 Å². The van der Waals surface area contributed by atoms with E-state index in [-0.39, 0.29) is 0 Å². The number of likely N-dealkylation sites (tertiary alicyclic amines) is 3. The van der Waals surface area contributed by atoms with E-state index in [0.717, 1.165) is 13.1 Å². The Morgan fingerprint density at radius 3 is 1.42 bits per heavy atom. The standard InChI is InChI=1S/C23H29N3/c1-24-22(16-25(17-22)14-20-8-4-2-5-9-20)12-13-23(24)18-26(19-23)15-21-10-6-3-7-11-21/h2-11H,12-19H2,1H3. The van der Waals surface area contributed by atoms with E-state index in [4.69, 9.17) is 0 Å². The van der Waals surface area contributed by atoms with Crippen LogP contribution in [0.2, 0.25) is 0 Å². The molecule has 2 aromatic carbocycles. The van der Waals surface area contributed by atoms with Crippen LogP contribution in [0.1, 0.15) is 24.0 Å². The summed E-state index contributed by atoms with van der Waals surface area (Å²) in [6.07, 6.45) is 2.74. The molecule has 3 heterocycles. The molecule has 3 heteroatoms. The molecule has 5 rings (SSSR count). The second-order valence-electron chi connectivity index (χ2n) is 8.77. The first kappa shape index (κ1) is 16.5. The lowest BCUT2D eigenvalue weighted by Crippen LogP contribution is -2.74. The Labute approximate surface area is 157 Å². The van der Waals surface area contributed by atoms with E-state index < -0.39 is 0 Å². The first-order valence-corrected chi connectivity index (χ1v) is 9.94. The van der Waals surface area contributed by atoms with E-state index >= 15 is 0 Å². The van der Waals surface area contributed by atoms with Crippen LogP contribution in [0.4, 0.5) is 0 Å². The zero-order valence-electron chi connectivity index (χ0n) is 15.8. The maximum absolute atomic E-state index is 2.77. The SMILES string of the molecule is CN1C2(CCC13CN(Cc1ccccc1)C3)CN(Cc1ccccc1)C2. The third-order valence-electron chi connectivity index (χ3n) is 7.05. The van der Waals surface area contributed by atoms with Crippen LogP contribution in [0.15, 0.2) is 60.7 Å². The van der Waals surface area contributed by atoms with Gasteiger partial charge in [-0.25, -0.2) is 0 Å². The van der Waals surface area contributed by atoms with Gasteiger partial charge in [-0.2, -0.15) is 0 Å². The minimum Gasteiger partial charge on any atom is -0.295 e. The Morgan fingerprint density at radius 1 is 0.654 bits per heavy atom. The molecule has 0 unspecified atom stereocenters. The fraction of sp³-hybridized carbons (Fsp3) is 0.478. The molecule has 3 nitrogen and oxygen atoms in total. The highest BCUT2D eigenvalue weighted by Crippen LogP contribution is 2.49. The largest absolute Gasteiger partial charge is 0.295 e. The van der Waals surface area contributed by atoms with Crippen molar-refractivity contribution < 1.29 is 0 Å². The summed E-state index contributed by atoms with van der Waals surface area (Å²) in [7, 11) is 2.40. The van der Waals surface area contributed by atoms with Crippen LogP contribution in [0.3, 0.4) is 0 Å². The summed E-state index contributed by atoms with van der Waals surface area (Å²) in [5, 5.41) is 0. The smallest absolute Gasteiger partial charge is 0.0467 e. The van der Waals surface area contributed by atoms with Crippen molar-refractivity contribution in [1.82, 2.24) is 14.7 Å². The molecule has 0 radical (unpaired) electrons. The summed E-state index contributed by atoms with van der Waals surface area (Å²) in [6, 6.07) is 21.8. The van der Waals surface area contributed by atoms with Gasteiger partial charge in [0.25, 0.3) is 0 Å². The van der Waals surface area contributed by atoms with Gasteiger partial charge in [-0.05, 0) is 31.0 Å². The van der Waals surface area contributed by atoms with E-state index in [1.807, 2.05) is 0 Å². The number of rotatable bonds is 4. The molecule has 0 amide bonds. The van der Waals surface area contributed by atoms with Gasteiger partial charge in [0.2, 0.25) is 0 Å². The van der Waals surface area contributed by atoms with E-state index in [1.165, 1.54) is 50.1 Å². The summed E-state index contributed by atoms with van der Waals surface area (Å²) in [5.74, 6) is 0. The lowest BCUT2D eigenvalue weighted by Gasteiger charge is -2.59. The Hall–Kier alpha value is -1.68. The summed E-state index contributed by atoms with van der Waals surface area (Å²) >= 11 is 0. The summed E-state index contributed by atoms with van der Waals surface area (Å²) in [5.41, 5.74) is 3.76. The van der Waals surface area contributed by atoms with Gasteiger partial charge in [-0.1, -0.05) is 60.7 Å². The van der Waals surface area contributed by atoms with Crippen molar-refractivity contribution in [2.75, 3.05) is 33.2 Å². The normalized spacial score (nSPS) is 24.7. The quantitative estimate of drug-likeness (QED) is 0.841. The number of benzene rings is 2. The predicted octanol–water partition coefficient (Wildman–Crippen LogP) is 3.22. The summed E-state index contributed by atoms with van der Waals surface area (Å²) in [4.78, 5) is 8.00. The molecule has 3 aliphatic rings. The zero-order chi connectivity index (χ0) is 17.6. The first-order valence-electron chi connectivity index (χ1n) is 9.94. The molecule has 26 heavy (non-hydrogen) atoms. The van der Waals surface area contributed by atoms with E-state index in [1.54, 1.807) is 0 Å². The highest BCUT2D eigenvalue weighted by Gasteiger charge is 2.61. The lowest BCUT2D eigenvalue weighted by molar-refractivity contribution is -0.104. The van der Waals surface area contributed by atoms with Gasteiger partial charge in [-0.3, -0.25) is 14.7 Å². The highest BCUT2D eigenvalue weighted by atomic mass is 15.4. The van der Waals surface area contributed by atoms with Crippen molar-refractivity contribution in [2.45, 2.75) is 37.0 Å². The topological polar surface area (TPSA) is 9.72 Å². The molecule has 0 aliphatic carbocycles. The van der Waals surface area contributed by atoms with Crippen LogP contribution in [-0.2, 0) is 13.1 Å². The van der Waals surface area contributed by atoms with Gasteiger partial charge in [0, 0.05) is 50.3 Å². The third kappa shape index (κ3) is 2.70. The van der Waals surface area contributed by atoms with Crippen molar-refractivity contribution in [2.24, 2.45) is 0 Å². The Balaban J connectivity index is 1.17. The van der Waals surface area contributed by atoms with Gasteiger partial charge in [-0.15, -0.1) is 0 Å². The molecule has 2 spiro atoms. The van der Waals surface area contributed by atoms with Crippen molar-refractivity contribution >= 4 is 0 Å². The molecular weight excluding hydrogens is 318 g/mol. The fourth-order valence-corrected chi connectivity index (χ4v) is 5.52. The van der Waals surface area contributed by atoms with Crippen LogP contribution < -0.4 is 0 Å². The molecule has 3 fully saturated rings. The molecule has 136 valence electrons. The van der Waals surface area contributed by atoms with Crippen LogP contribution in [0.5, 0.6) is 0 Å². The molecular formula is C23H29N3. The number of nitrogens with zero attached hydrogens (tertiary/aromatic N) is 3. The number of hydrogen-bond acceptors (Lipinski definition) is 3. The van der Waals surface area contributed by atoms with Crippen molar-refractivity contribution in [3.63, 3.8) is 0 Å². The highest BCUT2D eigenvalue weighted by molar-refractivity contribution is 5.22.